The van der Waals surface area contributed by atoms with Crippen molar-refractivity contribution in [1.82, 2.24) is 4.98 Å². The second-order valence-corrected chi connectivity index (χ2v) is 6.64. The van der Waals surface area contributed by atoms with Gasteiger partial charge in [-0.15, -0.1) is 11.3 Å². The van der Waals surface area contributed by atoms with Crippen LogP contribution >= 0.6 is 11.3 Å². The Morgan fingerprint density at radius 3 is 2.52 bits per heavy atom. The monoisotopic (exact) mass is 411 g/mol. The van der Waals surface area contributed by atoms with Gasteiger partial charge in [0, 0.05) is 29.2 Å². The van der Waals surface area contributed by atoms with Crippen LogP contribution < -0.4 is 14.8 Å². The molecule has 0 spiro atoms. The molecule has 0 aliphatic rings. The average molecular weight is 411 g/mol. The molecule has 1 aromatic heterocycles. The molecule has 8 nitrogen and oxygen atoms in total. The van der Waals surface area contributed by atoms with E-state index in [1.807, 2.05) is 0 Å². The quantitative estimate of drug-likeness (QED) is 0.351. The Labute approximate surface area is 170 Å². The van der Waals surface area contributed by atoms with Crippen LogP contribution in [0.4, 0.5) is 10.8 Å². The van der Waals surface area contributed by atoms with Gasteiger partial charge in [-0.1, -0.05) is 6.07 Å². The van der Waals surface area contributed by atoms with E-state index in [-0.39, 0.29) is 11.6 Å². The van der Waals surface area contributed by atoms with Crippen molar-refractivity contribution in [2.24, 2.45) is 0 Å². The Balaban J connectivity index is 1.65. The van der Waals surface area contributed by atoms with E-state index in [0.29, 0.717) is 22.3 Å². The van der Waals surface area contributed by atoms with Gasteiger partial charge in [-0.05, 0) is 35.9 Å². The van der Waals surface area contributed by atoms with Crippen LogP contribution in [0.2, 0.25) is 0 Å². The Morgan fingerprint density at radius 1 is 1.14 bits per heavy atom. The number of nitrogens with zero attached hydrogens (tertiary/aromatic N) is 2. The molecule has 29 heavy (non-hydrogen) atoms. The topological polar surface area (TPSA) is 104 Å². The van der Waals surface area contributed by atoms with Crippen LogP contribution in [-0.2, 0) is 4.79 Å². The van der Waals surface area contributed by atoms with Crippen molar-refractivity contribution in [3.05, 3.63) is 69.6 Å². The van der Waals surface area contributed by atoms with Gasteiger partial charge >= 0.3 is 0 Å². The molecule has 148 valence electrons. The summed E-state index contributed by atoms with van der Waals surface area (Å²) >= 11 is 1.27. The number of methoxy groups -OCH3 is 2. The summed E-state index contributed by atoms with van der Waals surface area (Å²) in [6.07, 6.45) is 3.05. The molecule has 0 saturated heterocycles. The smallest absolute Gasteiger partial charge is 0.269 e. The number of rotatable bonds is 7. The minimum atomic E-state index is -0.457. The number of amides is 1. The van der Waals surface area contributed by atoms with Gasteiger partial charge in [0.2, 0.25) is 5.91 Å². The fourth-order valence-corrected chi connectivity index (χ4v) is 3.22. The average Bonchev–Trinajstić information content (AvgIpc) is 3.20. The normalized spacial score (nSPS) is 10.7. The highest BCUT2D eigenvalue weighted by Gasteiger charge is 2.09. The highest BCUT2D eigenvalue weighted by molar-refractivity contribution is 7.14. The van der Waals surface area contributed by atoms with E-state index in [9.17, 15) is 14.9 Å². The maximum absolute atomic E-state index is 12.2. The molecule has 1 amide bonds. The van der Waals surface area contributed by atoms with Crippen molar-refractivity contribution in [2.75, 3.05) is 19.5 Å². The molecular formula is C20H17N3O5S. The van der Waals surface area contributed by atoms with Crippen LogP contribution in [-0.4, -0.2) is 30.0 Å². The number of aromatic nitrogens is 1. The number of carbonyl (C=O) groups excluding carboxylic acids is 1. The number of ether oxygens (including phenoxy) is 2. The third kappa shape index (κ3) is 4.96. The molecule has 0 atom stereocenters. The molecule has 0 radical (unpaired) electrons. The number of nitrogens with one attached hydrogen (secondary N) is 1. The van der Waals surface area contributed by atoms with E-state index >= 15 is 0 Å². The third-order valence-electron chi connectivity index (χ3n) is 3.94. The lowest BCUT2D eigenvalue weighted by atomic mass is 10.1. The largest absolute Gasteiger partial charge is 0.493 e. The maximum atomic E-state index is 12.2. The Hall–Kier alpha value is -3.72. The zero-order valence-corrected chi connectivity index (χ0v) is 16.4. The number of nitro groups is 1. The number of benzene rings is 2. The third-order valence-corrected chi connectivity index (χ3v) is 4.70. The van der Waals surface area contributed by atoms with Crippen molar-refractivity contribution < 1.29 is 19.2 Å². The summed E-state index contributed by atoms with van der Waals surface area (Å²) in [7, 11) is 3.10. The van der Waals surface area contributed by atoms with Crippen molar-refractivity contribution >= 4 is 34.1 Å². The lowest BCUT2D eigenvalue weighted by Crippen LogP contribution is -2.07. The predicted molar refractivity (Wildman–Crippen MR) is 111 cm³/mol. The Bertz CT molecular complexity index is 1060. The summed E-state index contributed by atoms with van der Waals surface area (Å²) in [5.41, 5.74) is 2.15. The van der Waals surface area contributed by atoms with Crippen LogP contribution in [0.15, 0.2) is 53.9 Å². The molecule has 0 saturated carbocycles. The number of hydrogen-bond acceptors (Lipinski definition) is 7. The van der Waals surface area contributed by atoms with Gasteiger partial charge < -0.3 is 9.47 Å². The summed E-state index contributed by atoms with van der Waals surface area (Å²) in [5, 5.41) is 15.6. The minimum absolute atomic E-state index is 0.0119. The number of nitro benzene ring substituents is 1. The first-order chi connectivity index (χ1) is 14.0. The molecular weight excluding hydrogens is 394 g/mol. The van der Waals surface area contributed by atoms with Crippen LogP contribution in [0.1, 0.15) is 5.56 Å². The summed E-state index contributed by atoms with van der Waals surface area (Å²) in [6.45, 7) is 0. The van der Waals surface area contributed by atoms with Crippen molar-refractivity contribution in [3.8, 4) is 22.8 Å². The lowest BCUT2D eigenvalue weighted by Gasteiger charge is -2.07. The fraction of sp³-hybridized carbons (Fsp3) is 0.100. The van der Waals surface area contributed by atoms with Gasteiger partial charge in [0.05, 0.1) is 24.8 Å². The first-order valence-electron chi connectivity index (χ1n) is 8.41. The zero-order chi connectivity index (χ0) is 20.8. The van der Waals surface area contributed by atoms with E-state index in [1.54, 1.807) is 56.0 Å². The van der Waals surface area contributed by atoms with E-state index in [4.69, 9.17) is 9.47 Å². The molecule has 2 aromatic carbocycles. The molecule has 0 aliphatic heterocycles. The van der Waals surface area contributed by atoms with Crippen LogP contribution in [0.3, 0.4) is 0 Å². The lowest BCUT2D eigenvalue weighted by molar-refractivity contribution is -0.384. The second-order valence-electron chi connectivity index (χ2n) is 5.78. The Morgan fingerprint density at radius 2 is 1.86 bits per heavy atom. The number of carbonyl (C=O) groups is 1. The van der Waals surface area contributed by atoms with E-state index < -0.39 is 4.92 Å². The van der Waals surface area contributed by atoms with E-state index in [0.717, 1.165) is 11.1 Å². The van der Waals surface area contributed by atoms with Crippen LogP contribution in [0, 0.1) is 10.1 Å². The maximum Gasteiger partial charge on any atom is 0.269 e. The number of hydrogen-bond donors (Lipinski definition) is 1. The number of thiazole rings is 1. The number of non-ortho nitro benzene ring substituents is 1. The first kappa shape index (κ1) is 20.0. The summed E-state index contributed by atoms with van der Waals surface area (Å²) in [6, 6.07) is 11.4. The van der Waals surface area contributed by atoms with Gasteiger partial charge in [-0.2, -0.15) is 0 Å². The van der Waals surface area contributed by atoms with Gasteiger partial charge in [0.25, 0.3) is 5.69 Å². The van der Waals surface area contributed by atoms with Crippen molar-refractivity contribution in [1.29, 1.82) is 0 Å². The molecule has 0 unspecified atom stereocenters. The van der Waals surface area contributed by atoms with E-state index in [1.165, 1.54) is 29.5 Å². The number of anilines is 1. The van der Waals surface area contributed by atoms with Gasteiger partial charge in [-0.3, -0.25) is 20.2 Å². The van der Waals surface area contributed by atoms with Gasteiger partial charge in [0.1, 0.15) is 0 Å². The molecule has 9 heteroatoms. The molecule has 0 bridgehead atoms. The highest BCUT2D eigenvalue weighted by Crippen LogP contribution is 2.28. The SMILES string of the molecule is COc1ccc(/C=C/C(=O)Nc2nc(-c3ccc([N+](=O)[O-])cc3)cs2)cc1OC. The van der Waals surface area contributed by atoms with Crippen LogP contribution in [0.25, 0.3) is 17.3 Å². The molecule has 1 N–H and O–H groups in total. The summed E-state index contributed by atoms with van der Waals surface area (Å²) in [5.74, 6) is 0.850. The highest BCUT2D eigenvalue weighted by atomic mass is 32.1. The molecule has 3 aromatic rings. The van der Waals surface area contributed by atoms with Crippen molar-refractivity contribution in [3.63, 3.8) is 0 Å². The Kier molecular flexibility index (Phi) is 6.20. The van der Waals surface area contributed by atoms with Gasteiger partial charge in [0.15, 0.2) is 16.6 Å². The molecule has 3 rings (SSSR count). The zero-order valence-electron chi connectivity index (χ0n) is 15.6. The summed E-state index contributed by atoms with van der Waals surface area (Å²) < 4.78 is 10.4. The summed E-state index contributed by atoms with van der Waals surface area (Å²) in [4.78, 5) is 26.8. The molecule has 1 heterocycles. The standard InChI is InChI=1S/C20H17N3O5S/c1-27-17-9-3-13(11-18(17)28-2)4-10-19(24)22-20-21-16(12-29-20)14-5-7-15(8-6-14)23(25)26/h3-12H,1-2H3,(H,21,22,24)/b10-4+. The fourth-order valence-electron chi connectivity index (χ4n) is 2.49. The predicted octanol–water partition coefficient (Wildman–Crippen LogP) is 4.39. The van der Waals surface area contributed by atoms with Crippen LogP contribution in [0.5, 0.6) is 11.5 Å². The second kappa shape index (κ2) is 8.98. The van der Waals surface area contributed by atoms with Crippen molar-refractivity contribution in [2.45, 2.75) is 0 Å². The van der Waals surface area contributed by atoms with Gasteiger partial charge in [-0.25, -0.2) is 4.98 Å². The van der Waals surface area contributed by atoms with E-state index in [2.05, 4.69) is 10.3 Å². The molecule has 0 fully saturated rings. The minimum Gasteiger partial charge on any atom is -0.493 e. The first-order valence-corrected chi connectivity index (χ1v) is 9.29. The molecule has 0 aliphatic carbocycles.